The second-order valence-electron chi connectivity index (χ2n) is 6.30. The van der Waals surface area contributed by atoms with Gasteiger partial charge in [-0.05, 0) is 46.7 Å². The number of fused-ring (bicyclic) bond motifs is 5. The van der Waals surface area contributed by atoms with Crippen LogP contribution in [0.4, 0.5) is 0 Å². The van der Waals surface area contributed by atoms with E-state index in [1.165, 1.54) is 11.1 Å². The predicted octanol–water partition coefficient (Wildman–Crippen LogP) is 3.47. The van der Waals surface area contributed by atoms with Gasteiger partial charge in [0.15, 0.2) is 11.5 Å². The van der Waals surface area contributed by atoms with Crippen LogP contribution in [0.2, 0.25) is 0 Å². The first-order valence-electron chi connectivity index (χ1n) is 7.51. The maximum atomic E-state index is 9.91. The van der Waals surface area contributed by atoms with Crippen molar-refractivity contribution in [3.63, 3.8) is 0 Å². The molecule has 2 aromatic rings. The summed E-state index contributed by atoms with van der Waals surface area (Å²) < 4.78 is 0. The highest BCUT2D eigenvalue weighted by molar-refractivity contribution is 8.93. The Labute approximate surface area is 140 Å². The molecule has 1 aliphatic carbocycles. The predicted molar refractivity (Wildman–Crippen MR) is 91.9 cm³/mol. The molecule has 3 nitrogen and oxygen atoms in total. The highest BCUT2D eigenvalue weighted by Crippen LogP contribution is 2.45. The number of benzene rings is 2. The summed E-state index contributed by atoms with van der Waals surface area (Å²) in [5.41, 5.74) is 4.97. The first kappa shape index (κ1) is 15.4. The van der Waals surface area contributed by atoms with Crippen molar-refractivity contribution in [2.75, 3.05) is 0 Å². The fraction of sp³-hybridized carbons (Fsp3) is 0.333. The van der Waals surface area contributed by atoms with Crippen molar-refractivity contribution in [3.05, 3.63) is 58.7 Å². The molecular weight excluding hydrogens is 342 g/mol. The Balaban J connectivity index is 0.00000144. The Morgan fingerprint density at radius 2 is 1.73 bits per heavy atom. The van der Waals surface area contributed by atoms with Crippen LogP contribution in [0, 0.1) is 5.92 Å². The summed E-state index contributed by atoms with van der Waals surface area (Å²) >= 11 is 0. The number of hydrogen-bond donors (Lipinski definition) is 3. The first-order chi connectivity index (χ1) is 10.1. The van der Waals surface area contributed by atoms with Gasteiger partial charge >= 0.3 is 0 Å². The topological polar surface area (TPSA) is 52.5 Å². The van der Waals surface area contributed by atoms with Crippen molar-refractivity contribution in [2.24, 2.45) is 5.92 Å². The molecule has 116 valence electrons. The van der Waals surface area contributed by atoms with Crippen LogP contribution in [0.15, 0.2) is 36.4 Å². The lowest BCUT2D eigenvalue weighted by atomic mass is 9.68. The molecule has 1 heterocycles. The van der Waals surface area contributed by atoms with Crippen molar-refractivity contribution in [1.82, 2.24) is 5.32 Å². The van der Waals surface area contributed by atoms with E-state index >= 15 is 0 Å². The fourth-order valence-electron chi connectivity index (χ4n) is 4.00. The molecule has 0 bridgehead atoms. The second-order valence-corrected chi connectivity index (χ2v) is 6.30. The highest BCUT2D eigenvalue weighted by atomic mass is 79.9. The van der Waals surface area contributed by atoms with E-state index in [1.54, 1.807) is 12.1 Å². The zero-order valence-corrected chi connectivity index (χ0v) is 14.1. The maximum Gasteiger partial charge on any atom is 0.157 e. The molecule has 2 aromatic carbocycles. The van der Waals surface area contributed by atoms with Crippen molar-refractivity contribution in [3.8, 4) is 11.5 Å². The first-order valence-corrected chi connectivity index (χ1v) is 7.51. The average molecular weight is 362 g/mol. The van der Waals surface area contributed by atoms with Gasteiger partial charge in [-0.3, -0.25) is 0 Å². The quantitative estimate of drug-likeness (QED) is 0.629. The van der Waals surface area contributed by atoms with Gasteiger partial charge in [0, 0.05) is 18.5 Å². The molecule has 3 atom stereocenters. The molecule has 0 amide bonds. The molecule has 2 aliphatic rings. The van der Waals surface area contributed by atoms with E-state index in [0.717, 1.165) is 24.1 Å². The Morgan fingerprint density at radius 1 is 1.00 bits per heavy atom. The van der Waals surface area contributed by atoms with Crippen LogP contribution in [0.25, 0.3) is 0 Å². The number of aromatic hydroxyl groups is 2. The minimum Gasteiger partial charge on any atom is -0.504 e. The van der Waals surface area contributed by atoms with E-state index in [2.05, 4.69) is 36.5 Å². The number of phenolic OH excluding ortho intramolecular Hbond substituents is 2. The molecule has 1 aliphatic heterocycles. The Morgan fingerprint density at radius 3 is 2.55 bits per heavy atom. The number of hydrogen-bond acceptors (Lipinski definition) is 3. The van der Waals surface area contributed by atoms with Gasteiger partial charge in [0.2, 0.25) is 0 Å². The van der Waals surface area contributed by atoms with E-state index in [1.807, 2.05) is 0 Å². The summed E-state index contributed by atoms with van der Waals surface area (Å²) in [6, 6.07) is 12.4. The van der Waals surface area contributed by atoms with Gasteiger partial charge in [-0.15, -0.1) is 17.0 Å². The lowest BCUT2D eigenvalue weighted by Gasteiger charge is -2.43. The third-order valence-corrected chi connectivity index (χ3v) is 5.00. The van der Waals surface area contributed by atoms with Gasteiger partial charge in [0.05, 0.1) is 0 Å². The molecule has 4 rings (SSSR count). The number of rotatable bonds is 0. The normalized spacial score (nSPS) is 25.4. The average Bonchev–Trinajstić information content (AvgIpc) is 2.49. The van der Waals surface area contributed by atoms with Crippen molar-refractivity contribution >= 4 is 17.0 Å². The molecule has 0 unspecified atom stereocenters. The molecule has 0 fully saturated rings. The number of halogens is 1. The zero-order chi connectivity index (χ0) is 14.6. The van der Waals surface area contributed by atoms with Gasteiger partial charge in [-0.25, -0.2) is 0 Å². The highest BCUT2D eigenvalue weighted by Gasteiger charge is 2.39. The van der Waals surface area contributed by atoms with Crippen molar-refractivity contribution < 1.29 is 10.2 Å². The standard InChI is InChI=1S/C18H19NO2.BrH/c1-10-6-12-7-15(20)16(21)8-14(12)17-13-5-3-2-4-11(13)9-19-18(10)17;/h2-5,7-8,10,17-21H,6,9H2,1H3;1H/t10-,17-,18-;/m1./s1. The van der Waals surface area contributed by atoms with E-state index in [0.29, 0.717) is 12.0 Å². The second kappa shape index (κ2) is 5.60. The monoisotopic (exact) mass is 361 g/mol. The molecule has 0 saturated heterocycles. The molecule has 0 aromatic heterocycles. The van der Waals surface area contributed by atoms with Crippen LogP contribution in [0.5, 0.6) is 11.5 Å². The lowest BCUT2D eigenvalue weighted by molar-refractivity contribution is 0.303. The summed E-state index contributed by atoms with van der Waals surface area (Å²) in [5.74, 6) is 0.710. The minimum absolute atomic E-state index is 0. The molecule has 22 heavy (non-hydrogen) atoms. The maximum absolute atomic E-state index is 9.91. The van der Waals surface area contributed by atoms with Crippen LogP contribution >= 0.6 is 17.0 Å². The largest absolute Gasteiger partial charge is 0.504 e. The third kappa shape index (κ3) is 2.22. The van der Waals surface area contributed by atoms with Crippen molar-refractivity contribution in [2.45, 2.75) is 31.8 Å². The Hall–Kier alpha value is -1.52. The molecular formula is C18H20BrNO2. The van der Waals surface area contributed by atoms with Gasteiger partial charge in [-0.2, -0.15) is 0 Å². The smallest absolute Gasteiger partial charge is 0.157 e. The van der Waals surface area contributed by atoms with Gasteiger partial charge in [0.25, 0.3) is 0 Å². The summed E-state index contributed by atoms with van der Waals surface area (Å²) in [7, 11) is 0. The van der Waals surface area contributed by atoms with Crippen LogP contribution in [-0.4, -0.2) is 16.3 Å². The van der Waals surface area contributed by atoms with Crippen LogP contribution in [-0.2, 0) is 13.0 Å². The molecule has 4 heteroatoms. The van der Waals surface area contributed by atoms with Gasteiger partial charge < -0.3 is 15.5 Å². The SMILES string of the molecule is Br.C[C@@H]1Cc2cc(O)c(O)cc2[C@H]2c3ccccc3CN[C@@H]21. The Bertz CT molecular complexity index is 716. The van der Waals surface area contributed by atoms with E-state index in [-0.39, 0.29) is 34.4 Å². The van der Waals surface area contributed by atoms with E-state index in [4.69, 9.17) is 0 Å². The zero-order valence-electron chi connectivity index (χ0n) is 12.4. The summed E-state index contributed by atoms with van der Waals surface area (Å²) in [4.78, 5) is 0. The summed E-state index contributed by atoms with van der Waals surface area (Å²) in [5, 5.41) is 23.4. The molecule has 3 N–H and O–H groups in total. The molecule has 0 saturated carbocycles. The van der Waals surface area contributed by atoms with Crippen LogP contribution in [0.3, 0.4) is 0 Å². The van der Waals surface area contributed by atoms with E-state index < -0.39 is 0 Å². The van der Waals surface area contributed by atoms with Gasteiger partial charge in [-0.1, -0.05) is 31.2 Å². The van der Waals surface area contributed by atoms with Crippen LogP contribution < -0.4 is 5.32 Å². The van der Waals surface area contributed by atoms with Crippen molar-refractivity contribution in [1.29, 1.82) is 0 Å². The fourth-order valence-corrected chi connectivity index (χ4v) is 4.00. The Kier molecular flexibility index (Phi) is 3.91. The van der Waals surface area contributed by atoms with Crippen LogP contribution in [0.1, 0.15) is 35.1 Å². The number of phenols is 2. The summed E-state index contributed by atoms with van der Waals surface area (Å²) in [6.45, 7) is 3.16. The number of nitrogens with one attached hydrogen (secondary N) is 1. The molecule has 0 radical (unpaired) electrons. The third-order valence-electron chi connectivity index (χ3n) is 5.00. The van der Waals surface area contributed by atoms with E-state index in [9.17, 15) is 10.2 Å². The minimum atomic E-state index is -0.0230. The summed E-state index contributed by atoms with van der Waals surface area (Å²) in [6.07, 6.45) is 0.930. The molecule has 0 spiro atoms. The van der Waals surface area contributed by atoms with Gasteiger partial charge in [0.1, 0.15) is 0 Å². The lowest BCUT2D eigenvalue weighted by Crippen LogP contribution is -2.47.